The van der Waals surface area contributed by atoms with Gasteiger partial charge in [0.2, 0.25) is 5.69 Å². The van der Waals surface area contributed by atoms with Gasteiger partial charge in [0.15, 0.2) is 11.9 Å². The summed E-state index contributed by atoms with van der Waals surface area (Å²) in [6.07, 6.45) is 4.09. The number of aromatic nitrogens is 1. The van der Waals surface area contributed by atoms with Gasteiger partial charge in [0.1, 0.15) is 29.3 Å². The molecule has 0 bridgehead atoms. The molecular formula is C31H34NO2S+. The van der Waals surface area contributed by atoms with Gasteiger partial charge in [-0.05, 0) is 36.7 Å². The Balaban J connectivity index is 1.78. The summed E-state index contributed by atoms with van der Waals surface area (Å²) in [6, 6.07) is 10.7. The minimum atomic E-state index is 0.0923. The Morgan fingerprint density at radius 3 is 2.31 bits per heavy atom. The Kier molecular flexibility index (Phi) is 4.73. The third-order valence-electron chi connectivity index (χ3n) is 6.95. The first-order valence-corrected chi connectivity index (χ1v) is 13.3. The molecule has 0 fully saturated rings. The summed E-state index contributed by atoms with van der Waals surface area (Å²) in [4.78, 5) is 1.34. The highest BCUT2D eigenvalue weighted by Crippen LogP contribution is 2.56. The van der Waals surface area contributed by atoms with Crippen molar-refractivity contribution in [1.82, 2.24) is 0 Å². The molecule has 1 aliphatic rings. The van der Waals surface area contributed by atoms with Crippen molar-refractivity contribution in [2.45, 2.75) is 61.3 Å². The van der Waals surface area contributed by atoms with E-state index in [0.29, 0.717) is 0 Å². The first-order valence-electron chi connectivity index (χ1n) is 12.5. The number of furan rings is 1. The fourth-order valence-electron chi connectivity index (χ4n) is 5.62. The third-order valence-corrected chi connectivity index (χ3v) is 8.09. The molecule has 2 aromatic carbocycles. The second-order valence-electron chi connectivity index (χ2n) is 12.6. The average Bonchev–Trinajstić information content (AvgIpc) is 3.30. The molecule has 5 aromatic rings. The lowest BCUT2D eigenvalue weighted by Crippen LogP contribution is -2.31. The summed E-state index contributed by atoms with van der Waals surface area (Å²) in [5, 5.41) is 3.62. The Hall–Kier alpha value is -2.85. The lowest BCUT2D eigenvalue weighted by atomic mass is 9.82. The number of fused-ring (bicyclic) bond motifs is 5. The van der Waals surface area contributed by atoms with Crippen LogP contribution in [0.5, 0.6) is 11.5 Å². The Morgan fingerprint density at radius 1 is 0.886 bits per heavy atom. The molecule has 0 radical (unpaired) electrons. The maximum atomic E-state index is 7.06. The number of rotatable bonds is 2. The number of ether oxygens (including phenoxy) is 1. The maximum absolute atomic E-state index is 7.06. The van der Waals surface area contributed by atoms with Crippen LogP contribution in [0.4, 0.5) is 0 Å². The van der Waals surface area contributed by atoms with Gasteiger partial charge in [0.05, 0.1) is 10.3 Å². The number of aryl methyl sites for hydroxylation is 2. The number of thiophene rings is 1. The Morgan fingerprint density at radius 2 is 1.60 bits per heavy atom. The zero-order chi connectivity index (χ0) is 24.9. The normalized spacial score (nSPS) is 13.6. The zero-order valence-corrected chi connectivity index (χ0v) is 22.9. The summed E-state index contributed by atoms with van der Waals surface area (Å²) in [7, 11) is 2.15. The molecule has 0 atom stereocenters. The molecule has 0 saturated heterocycles. The van der Waals surface area contributed by atoms with Gasteiger partial charge < -0.3 is 9.15 Å². The number of para-hydroxylation sites is 1. The molecular weight excluding hydrogens is 450 g/mol. The molecule has 0 unspecified atom stereocenters. The molecule has 0 amide bonds. The third kappa shape index (κ3) is 3.48. The van der Waals surface area contributed by atoms with E-state index in [1.54, 1.807) is 0 Å². The second kappa shape index (κ2) is 7.33. The highest BCUT2D eigenvalue weighted by Gasteiger charge is 2.38. The summed E-state index contributed by atoms with van der Waals surface area (Å²) in [5.41, 5.74) is 7.02. The monoisotopic (exact) mass is 484 g/mol. The largest absolute Gasteiger partial charge is 0.456 e. The molecule has 180 valence electrons. The summed E-state index contributed by atoms with van der Waals surface area (Å²) >= 11 is 1.88. The summed E-state index contributed by atoms with van der Waals surface area (Å²) in [5.74, 6) is 2.07. The molecule has 4 heteroatoms. The van der Waals surface area contributed by atoms with Gasteiger partial charge >= 0.3 is 0 Å². The fraction of sp³-hybridized carbons (Fsp3) is 0.387. The summed E-state index contributed by atoms with van der Waals surface area (Å²) < 4.78 is 17.2. The molecule has 1 aliphatic heterocycles. The van der Waals surface area contributed by atoms with E-state index in [9.17, 15) is 0 Å². The highest BCUT2D eigenvalue weighted by atomic mass is 32.1. The maximum Gasteiger partial charge on any atom is 0.229 e. The van der Waals surface area contributed by atoms with Gasteiger partial charge in [-0.1, -0.05) is 59.7 Å². The van der Waals surface area contributed by atoms with Crippen molar-refractivity contribution in [2.24, 2.45) is 17.9 Å². The standard InChI is InChI=1S/C31H34NO2S/c1-17-23-26-25-21(13-14-32(26)8)35-22(16-31(5,6)7)29(25)34-28(23)19(15-30(2,3)4)24-18-11-9-10-12-20(18)33-27(17)24/h9-14H,15-16H2,1-8H3/q+1. The van der Waals surface area contributed by atoms with E-state index in [1.165, 1.54) is 42.6 Å². The molecule has 4 heterocycles. The lowest BCUT2D eigenvalue weighted by molar-refractivity contribution is -0.659. The van der Waals surface area contributed by atoms with Crippen molar-refractivity contribution in [3.05, 3.63) is 52.5 Å². The van der Waals surface area contributed by atoms with E-state index in [1.807, 2.05) is 11.3 Å². The van der Waals surface area contributed by atoms with Gasteiger partial charge in [0, 0.05) is 32.8 Å². The van der Waals surface area contributed by atoms with Crippen LogP contribution in [0.2, 0.25) is 0 Å². The second-order valence-corrected chi connectivity index (χ2v) is 13.7. The van der Waals surface area contributed by atoms with Crippen LogP contribution in [0.25, 0.3) is 43.3 Å². The van der Waals surface area contributed by atoms with Gasteiger partial charge in [0.25, 0.3) is 0 Å². The van der Waals surface area contributed by atoms with Gasteiger partial charge in [-0.2, -0.15) is 0 Å². The topological polar surface area (TPSA) is 26.2 Å². The first-order chi connectivity index (χ1) is 16.4. The number of nitrogens with zero attached hydrogens (tertiary/aromatic N) is 1. The predicted octanol–water partition coefficient (Wildman–Crippen LogP) is 8.88. The quantitative estimate of drug-likeness (QED) is 0.229. The number of pyridine rings is 1. The van der Waals surface area contributed by atoms with Crippen LogP contribution in [0.1, 0.15) is 57.5 Å². The number of hydrogen-bond acceptors (Lipinski definition) is 3. The van der Waals surface area contributed by atoms with E-state index >= 15 is 0 Å². The van der Waals surface area contributed by atoms with Crippen molar-refractivity contribution >= 4 is 43.4 Å². The summed E-state index contributed by atoms with van der Waals surface area (Å²) in [6.45, 7) is 16.0. The van der Waals surface area contributed by atoms with Crippen LogP contribution in [-0.2, 0) is 19.9 Å². The average molecular weight is 485 g/mol. The molecule has 3 aromatic heterocycles. The molecule has 0 spiro atoms. The van der Waals surface area contributed by atoms with Crippen LogP contribution in [0.15, 0.2) is 40.9 Å². The first kappa shape index (κ1) is 22.6. The minimum Gasteiger partial charge on any atom is -0.456 e. The van der Waals surface area contributed by atoms with E-state index in [-0.39, 0.29) is 10.8 Å². The van der Waals surface area contributed by atoms with Crippen LogP contribution < -0.4 is 9.30 Å². The van der Waals surface area contributed by atoms with Crippen LogP contribution in [0, 0.1) is 17.8 Å². The van der Waals surface area contributed by atoms with E-state index in [2.05, 4.69) is 96.6 Å². The van der Waals surface area contributed by atoms with E-state index < -0.39 is 0 Å². The lowest BCUT2D eigenvalue weighted by Gasteiger charge is -2.26. The predicted molar refractivity (Wildman–Crippen MR) is 147 cm³/mol. The number of benzene rings is 2. The highest BCUT2D eigenvalue weighted by molar-refractivity contribution is 7.19. The Bertz CT molecular complexity index is 1650. The van der Waals surface area contributed by atoms with E-state index in [0.717, 1.165) is 41.1 Å². The van der Waals surface area contributed by atoms with Gasteiger partial charge in [-0.15, -0.1) is 11.3 Å². The van der Waals surface area contributed by atoms with Gasteiger partial charge in [-0.3, -0.25) is 0 Å². The van der Waals surface area contributed by atoms with Crippen molar-refractivity contribution in [1.29, 1.82) is 0 Å². The zero-order valence-electron chi connectivity index (χ0n) is 22.1. The van der Waals surface area contributed by atoms with E-state index in [4.69, 9.17) is 9.15 Å². The van der Waals surface area contributed by atoms with Crippen LogP contribution >= 0.6 is 11.3 Å². The smallest absolute Gasteiger partial charge is 0.229 e. The van der Waals surface area contributed by atoms with Crippen molar-refractivity contribution in [3.8, 4) is 22.8 Å². The van der Waals surface area contributed by atoms with Crippen LogP contribution in [0.3, 0.4) is 0 Å². The molecule has 0 N–H and O–H groups in total. The van der Waals surface area contributed by atoms with Crippen molar-refractivity contribution in [3.63, 3.8) is 0 Å². The Labute approximate surface area is 211 Å². The molecule has 35 heavy (non-hydrogen) atoms. The SMILES string of the molecule is Cc1c2c(c(CC(C)(C)C)c3c1oc1ccccc13)Oc1c(CC(C)(C)C)sc3cc[n+](C)c-2c13. The molecule has 0 saturated carbocycles. The van der Waals surface area contributed by atoms with Crippen molar-refractivity contribution < 1.29 is 13.7 Å². The fourth-order valence-corrected chi connectivity index (χ4v) is 7.04. The van der Waals surface area contributed by atoms with Crippen LogP contribution in [-0.4, -0.2) is 0 Å². The van der Waals surface area contributed by atoms with Gasteiger partial charge in [-0.25, -0.2) is 4.57 Å². The minimum absolute atomic E-state index is 0.0923. The number of hydrogen-bond donors (Lipinski definition) is 0. The molecule has 3 nitrogen and oxygen atoms in total. The van der Waals surface area contributed by atoms with Crippen molar-refractivity contribution in [2.75, 3.05) is 0 Å². The molecule has 6 rings (SSSR count). The molecule has 0 aliphatic carbocycles.